The highest BCUT2D eigenvalue weighted by Gasteiger charge is 2.16. The molecule has 0 fully saturated rings. The van der Waals surface area contributed by atoms with E-state index in [2.05, 4.69) is 10.6 Å². The fraction of sp³-hybridized carbons (Fsp3) is 0.222. The standard InChI is InChI=1S/C18H20N2O4/c1-18(2,3)24-17(22)20-14-9-7-8-13(12-14)19-16(21)23-15-10-5-4-6-11-15/h4-12H,1-3H3,(H,19,21)(H,20,22). The van der Waals surface area contributed by atoms with Crippen LogP contribution in [0.3, 0.4) is 0 Å². The molecule has 0 saturated carbocycles. The average molecular weight is 328 g/mol. The third-order valence-electron chi connectivity index (χ3n) is 2.71. The fourth-order valence-electron chi connectivity index (χ4n) is 1.84. The second-order valence-corrected chi connectivity index (χ2v) is 6.04. The fourth-order valence-corrected chi connectivity index (χ4v) is 1.84. The number of carbonyl (C=O) groups is 2. The largest absolute Gasteiger partial charge is 0.444 e. The molecule has 0 saturated heterocycles. The molecule has 0 unspecified atom stereocenters. The Bertz CT molecular complexity index is 708. The van der Waals surface area contributed by atoms with Crippen molar-refractivity contribution in [1.82, 2.24) is 0 Å². The summed E-state index contributed by atoms with van der Waals surface area (Å²) in [6, 6.07) is 15.4. The van der Waals surface area contributed by atoms with Crippen LogP contribution in [0.25, 0.3) is 0 Å². The lowest BCUT2D eigenvalue weighted by atomic mass is 10.2. The maximum absolute atomic E-state index is 11.9. The Kier molecular flexibility index (Phi) is 5.42. The minimum absolute atomic E-state index is 0.443. The Balaban J connectivity index is 1.95. The van der Waals surface area contributed by atoms with Gasteiger partial charge in [0, 0.05) is 11.4 Å². The maximum Gasteiger partial charge on any atom is 0.417 e. The van der Waals surface area contributed by atoms with Crippen LogP contribution in [-0.4, -0.2) is 17.8 Å². The Labute approximate surface area is 140 Å². The van der Waals surface area contributed by atoms with Gasteiger partial charge in [0.1, 0.15) is 11.4 Å². The van der Waals surface area contributed by atoms with Crippen molar-refractivity contribution >= 4 is 23.6 Å². The van der Waals surface area contributed by atoms with Gasteiger partial charge in [-0.2, -0.15) is 0 Å². The van der Waals surface area contributed by atoms with E-state index < -0.39 is 17.8 Å². The summed E-state index contributed by atoms with van der Waals surface area (Å²) in [4.78, 5) is 23.6. The van der Waals surface area contributed by atoms with Crippen molar-refractivity contribution < 1.29 is 19.1 Å². The van der Waals surface area contributed by atoms with Crippen LogP contribution in [0.1, 0.15) is 20.8 Å². The lowest BCUT2D eigenvalue weighted by Gasteiger charge is -2.19. The number of nitrogens with one attached hydrogen (secondary N) is 2. The summed E-state index contributed by atoms with van der Waals surface area (Å²) < 4.78 is 10.3. The molecule has 0 bridgehead atoms. The second kappa shape index (κ2) is 7.50. The summed E-state index contributed by atoms with van der Waals surface area (Å²) in [6.45, 7) is 5.35. The molecule has 2 aromatic carbocycles. The Morgan fingerprint density at radius 2 is 1.42 bits per heavy atom. The van der Waals surface area contributed by atoms with Gasteiger partial charge in [-0.1, -0.05) is 24.3 Å². The quantitative estimate of drug-likeness (QED) is 0.860. The molecule has 2 N–H and O–H groups in total. The molecule has 0 aliphatic rings. The molecular weight excluding hydrogens is 308 g/mol. The molecule has 2 rings (SSSR count). The second-order valence-electron chi connectivity index (χ2n) is 6.04. The zero-order valence-corrected chi connectivity index (χ0v) is 13.8. The number of benzene rings is 2. The Hall–Kier alpha value is -3.02. The zero-order valence-electron chi connectivity index (χ0n) is 13.8. The SMILES string of the molecule is CC(C)(C)OC(=O)Nc1cccc(NC(=O)Oc2ccccc2)c1. The smallest absolute Gasteiger partial charge is 0.417 e. The van der Waals surface area contributed by atoms with Gasteiger partial charge >= 0.3 is 12.2 Å². The summed E-state index contributed by atoms with van der Waals surface area (Å²) in [5, 5.41) is 5.21. The van der Waals surface area contributed by atoms with Gasteiger partial charge in [-0.05, 0) is 51.1 Å². The zero-order chi connectivity index (χ0) is 17.6. The highest BCUT2D eigenvalue weighted by atomic mass is 16.6. The number of hydrogen-bond donors (Lipinski definition) is 2. The number of amides is 2. The van der Waals surface area contributed by atoms with Crippen molar-refractivity contribution in [2.24, 2.45) is 0 Å². The summed E-state index contributed by atoms with van der Waals surface area (Å²) in [7, 11) is 0. The topological polar surface area (TPSA) is 76.7 Å². The summed E-state index contributed by atoms with van der Waals surface area (Å²) in [5.41, 5.74) is 0.408. The first-order valence-electron chi connectivity index (χ1n) is 7.46. The van der Waals surface area contributed by atoms with Crippen LogP contribution in [0.4, 0.5) is 21.0 Å². The Morgan fingerprint density at radius 3 is 2.00 bits per heavy atom. The molecule has 0 aromatic heterocycles. The molecule has 0 aliphatic heterocycles. The molecule has 0 aliphatic carbocycles. The molecule has 126 valence electrons. The summed E-state index contributed by atoms with van der Waals surface area (Å²) in [5.74, 6) is 0.443. The van der Waals surface area contributed by atoms with Crippen LogP contribution in [0.5, 0.6) is 5.75 Å². The summed E-state index contributed by atoms with van der Waals surface area (Å²) >= 11 is 0. The van der Waals surface area contributed by atoms with Gasteiger partial charge in [0.05, 0.1) is 0 Å². The van der Waals surface area contributed by atoms with Gasteiger partial charge in [0.15, 0.2) is 0 Å². The molecule has 2 aromatic rings. The van der Waals surface area contributed by atoms with Crippen molar-refractivity contribution in [3.05, 3.63) is 54.6 Å². The van der Waals surface area contributed by atoms with Gasteiger partial charge < -0.3 is 9.47 Å². The van der Waals surface area contributed by atoms with Crippen LogP contribution in [0.2, 0.25) is 0 Å². The minimum Gasteiger partial charge on any atom is -0.444 e. The predicted octanol–water partition coefficient (Wildman–Crippen LogP) is 4.64. The van der Waals surface area contributed by atoms with E-state index in [1.54, 1.807) is 69.3 Å². The molecule has 6 heteroatoms. The Morgan fingerprint density at radius 1 is 0.833 bits per heavy atom. The summed E-state index contributed by atoms with van der Waals surface area (Å²) in [6.07, 6.45) is -1.18. The number of ether oxygens (including phenoxy) is 2. The van der Waals surface area contributed by atoms with Crippen molar-refractivity contribution in [1.29, 1.82) is 0 Å². The minimum atomic E-state index is -0.615. The third kappa shape index (κ3) is 6.00. The van der Waals surface area contributed by atoms with E-state index in [-0.39, 0.29) is 0 Å². The highest BCUT2D eigenvalue weighted by molar-refractivity contribution is 5.89. The molecule has 6 nitrogen and oxygen atoms in total. The number of anilines is 2. The van der Waals surface area contributed by atoms with E-state index in [1.165, 1.54) is 0 Å². The molecule has 0 spiro atoms. The average Bonchev–Trinajstić information content (AvgIpc) is 2.46. The van der Waals surface area contributed by atoms with Crippen molar-refractivity contribution in [2.75, 3.05) is 10.6 Å². The monoisotopic (exact) mass is 328 g/mol. The number of para-hydroxylation sites is 1. The van der Waals surface area contributed by atoms with Gasteiger partial charge in [0.2, 0.25) is 0 Å². The van der Waals surface area contributed by atoms with Crippen LogP contribution < -0.4 is 15.4 Å². The van der Waals surface area contributed by atoms with E-state index in [4.69, 9.17) is 9.47 Å². The third-order valence-corrected chi connectivity index (χ3v) is 2.71. The van der Waals surface area contributed by atoms with Gasteiger partial charge in [-0.25, -0.2) is 9.59 Å². The van der Waals surface area contributed by atoms with E-state index >= 15 is 0 Å². The number of hydrogen-bond acceptors (Lipinski definition) is 4. The van der Waals surface area contributed by atoms with Gasteiger partial charge in [0.25, 0.3) is 0 Å². The van der Waals surface area contributed by atoms with Crippen LogP contribution in [-0.2, 0) is 4.74 Å². The van der Waals surface area contributed by atoms with Gasteiger partial charge in [-0.3, -0.25) is 10.6 Å². The normalized spacial score (nSPS) is 10.6. The number of rotatable bonds is 3. The predicted molar refractivity (Wildman–Crippen MR) is 92.4 cm³/mol. The first-order chi connectivity index (χ1) is 11.3. The van der Waals surface area contributed by atoms with E-state index in [9.17, 15) is 9.59 Å². The van der Waals surface area contributed by atoms with Crippen LogP contribution >= 0.6 is 0 Å². The number of carbonyl (C=O) groups excluding carboxylic acids is 2. The van der Waals surface area contributed by atoms with E-state index in [0.717, 1.165) is 0 Å². The van der Waals surface area contributed by atoms with E-state index in [1.807, 2.05) is 6.07 Å². The molecule has 2 amide bonds. The maximum atomic E-state index is 11.9. The first kappa shape index (κ1) is 17.3. The lowest BCUT2D eigenvalue weighted by Crippen LogP contribution is -2.27. The highest BCUT2D eigenvalue weighted by Crippen LogP contribution is 2.17. The molecule has 0 atom stereocenters. The van der Waals surface area contributed by atoms with Crippen molar-refractivity contribution in [3.8, 4) is 5.75 Å². The first-order valence-corrected chi connectivity index (χ1v) is 7.46. The molecular formula is C18H20N2O4. The molecule has 0 heterocycles. The lowest BCUT2D eigenvalue weighted by molar-refractivity contribution is 0.0636. The van der Waals surface area contributed by atoms with Crippen LogP contribution in [0.15, 0.2) is 54.6 Å². The molecule has 0 radical (unpaired) electrons. The van der Waals surface area contributed by atoms with Crippen LogP contribution in [0, 0.1) is 0 Å². The van der Waals surface area contributed by atoms with Crippen molar-refractivity contribution in [2.45, 2.75) is 26.4 Å². The van der Waals surface area contributed by atoms with Crippen molar-refractivity contribution in [3.63, 3.8) is 0 Å². The van der Waals surface area contributed by atoms with E-state index in [0.29, 0.717) is 17.1 Å². The van der Waals surface area contributed by atoms with Gasteiger partial charge in [-0.15, -0.1) is 0 Å². The molecule has 24 heavy (non-hydrogen) atoms.